The summed E-state index contributed by atoms with van der Waals surface area (Å²) in [5.74, 6) is 0. The predicted octanol–water partition coefficient (Wildman–Crippen LogP) is 16.1. The van der Waals surface area contributed by atoms with Gasteiger partial charge in [0.25, 0.3) is 0 Å². The van der Waals surface area contributed by atoms with E-state index in [4.69, 9.17) is 0 Å². The summed E-state index contributed by atoms with van der Waals surface area (Å²) in [6.07, 6.45) is 0. The molecule has 2 heteroatoms. The number of hydrogen-bond acceptors (Lipinski definition) is 1. The van der Waals surface area contributed by atoms with Crippen LogP contribution in [-0.2, 0) is 0 Å². The van der Waals surface area contributed by atoms with Gasteiger partial charge < -0.3 is 9.47 Å². The van der Waals surface area contributed by atoms with E-state index in [1.54, 1.807) is 0 Å². The molecule has 0 bridgehead atoms. The molecule has 0 N–H and O–H groups in total. The molecule has 60 heavy (non-hydrogen) atoms. The minimum Gasteiger partial charge on any atom is -0.310 e. The minimum atomic E-state index is 1.08. The summed E-state index contributed by atoms with van der Waals surface area (Å²) >= 11 is 0. The molecule has 2 nitrogen and oxygen atoms in total. The van der Waals surface area contributed by atoms with Crippen molar-refractivity contribution in [3.05, 3.63) is 243 Å². The van der Waals surface area contributed by atoms with Crippen LogP contribution >= 0.6 is 0 Å². The van der Waals surface area contributed by atoms with Crippen molar-refractivity contribution >= 4 is 49.6 Å². The van der Waals surface area contributed by atoms with Crippen LogP contribution < -0.4 is 4.90 Å². The first-order chi connectivity index (χ1) is 29.8. The molecular weight excluding hydrogens is 725 g/mol. The highest BCUT2D eigenvalue weighted by molar-refractivity contribution is 6.11. The van der Waals surface area contributed by atoms with Crippen molar-refractivity contribution in [2.75, 3.05) is 4.90 Å². The molecule has 0 aliphatic carbocycles. The molecule has 0 amide bonds. The SMILES string of the molecule is c1ccc(-c2ccc(N(c3ccc(-c4ccccc4)c(-c4ccccc4)c3)c3ccc4c5ccccc5n(-c5ccccc5-c5cccc6ccccc56)c4c3)cc2)cc1. The standard InChI is InChI=1S/C58H40N2/c1-4-17-41(18-5-1)42-31-33-46(34-32-42)59(47-35-37-50(43-19-6-2-7-20-43)55(39-47)45-21-8-3-9-22-45)48-36-38-54-53-27-13-15-30-57(53)60(58(54)40-48)56-29-14-12-26-52(56)51-28-16-24-44-23-10-11-25-49(44)51/h1-40H. The largest absolute Gasteiger partial charge is 0.310 e. The van der Waals surface area contributed by atoms with Crippen LogP contribution in [0.5, 0.6) is 0 Å². The highest BCUT2D eigenvalue weighted by Crippen LogP contribution is 2.44. The molecule has 11 rings (SSSR count). The Morgan fingerprint density at radius 2 is 0.783 bits per heavy atom. The van der Waals surface area contributed by atoms with Gasteiger partial charge in [0, 0.05) is 33.4 Å². The van der Waals surface area contributed by atoms with Crippen molar-refractivity contribution in [2.24, 2.45) is 0 Å². The van der Waals surface area contributed by atoms with Crippen molar-refractivity contribution < 1.29 is 0 Å². The zero-order chi connectivity index (χ0) is 39.8. The second-order valence-corrected chi connectivity index (χ2v) is 15.3. The number of rotatable bonds is 8. The van der Waals surface area contributed by atoms with Crippen molar-refractivity contribution in [2.45, 2.75) is 0 Å². The quantitative estimate of drug-likeness (QED) is 0.150. The average molecular weight is 765 g/mol. The van der Waals surface area contributed by atoms with Crippen molar-refractivity contribution in [1.29, 1.82) is 0 Å². The molecule has 1 heterocycles. The number of aromatic nitrogens is 1. The Morgan fingerprint density at radius 1 is 0.267 bits per heavy atom. The topological polar surface area (TPSA) is 8.17 Å². The molecule has 0 radical (unpaired) electrons. The monoisotopic (exact) mass is 764 g/mol. The Labute approximate surface area is 350 Å². The van der Waals surface area contributed by atoms with Crippen LogP contribution in [0.15, 0.2) is 243 Å². The predicted molar refractivity (Wildman–Crippen MR) is 255 cm³/mol. The van der Waals surface area contributed by atoms with Gasteiger partial charge in [0.2, 0.25) is 0 Å². The molecular formula is C58H40N2. The van der Waals surface area contributed by atoms with Gasteiger partial charge in [0.1, 0.15) is 0 Å². The van der Waals surface area contributed by atoms with Crippen LogP contribution in [-0.4, -0.2) is 4.57 Å². The van der Waals surface area contributed by atoms with Crippen LogP contribution in [0, 0.1) is 0 Å². The highest BCUT2D eigenvalue weighted by Gasteiger charge is 2.21. The Balaban J connectivity index is 1.15. The van der Waals surface area contributed by atoms with Gasteiger partial charge in [0.15, 0.2) is 0 Å². The molecule has 11 aromatic rings. The summed E-state index contributed by atoms with van der Waals surface area (Å²) in [5, 5.41) is 4.92. The Hall–Kier alpha value is -7.94. The highest BCUT2D eigenvalue weighted by atomic mass is 15.1. The first-order valence-electron chi connectivity index (χ1n) is 20.6. The second-order valence-electron chi connectivity index (χ2n) is 15.3. The van der Waals surface area contributed by atoms with Crippen molar-refractivity contribution in [1.82, 2.24) is 4.57 Å². The Kier molecular flexibility index (Phi) is 8.87. The van der Waals surface area contributed by atoms with E-state index in [0.29, 0.717) is 0 Å². The van der Waals surface area contributed by atoms with Gasteiger partial charge in [0.05, 0.1) is 16.7 Å². The van der Waals surface area contributed by atoms with Gasteiger partial charge >= 0.3 is 0 Å². The zero-order valence-electron chi connectivity index (χ0n) is 33.0. The smallest absolute Gasteiger partial charge is 0.0562 e. The van der Waals surface area contributed by atoms with Crippen molar-refractivity contribution in [3.63, 3.8) is 0 Å². The molecule has 0 saturated heterocycles. The Bertz CT molecular complexity index is 3290. The Morgan fingerprint density at radius 3 is 1.55 bits per heavy atom. The maximum atomic E-state index is 2.47. The molecule has 0 aliphatic heterocycles. The molecule has 0 saturated carbocycles. The third-order valence-electron chi connectivity index (χ3n) is 11.8. The van der Waals surface area contributed by atoms with E-state index in [0.717, 1.165) is 28.3 Å². The fourth-order valence-electron chi connectivity index (χ4n) is 8.99. The lowest BCUT2D eigenvalue weighted by Crippen LogP contribution is -2.10. The van der Waals surface area contributed by atoms with Crippen LogP contribution in [0.2, 0.25) is 0 Å². The second kappa shape index (κ2) is 15.1. The first kappa shape index (κ1) is 35.2. The van der Waals surface area contributed by atoms with Gasteiger partial charge in [-0.25, -0.2) is 0 Å². The summed E-state index contributed by atoms with van der Waals surface area (Å²) < 4.78 is 2.47. The van der Waals surface area contributed by atoms with Gasteiger partial charge in [-0.2, -0.15) is 0 Å². The van der Waals surface area contributed by atoms with Crippen LogP contribution in [0.4, 0.5) is 17.1 Å². The van der Waals surface area contributed by atoms with Crippen LogP contribution in [0.25, 0.3) is 82.8 Å². The number of hydrogen-bond donors (Lipinski definition) is 0. The first-order valence-corrected chi connectivity index (χ1v) is 20.6. The molecule has 0 spiro atoms. The molecule has 282 valence electrons. The number of benzene rings is 10. The maximum absolute atomic E-state index is 2.47. The number of para-hydroxylation sites is 2. The number of anilines is 3. The third-order valence-corrected chi connectivity index (χ3v) is 11.8. The summed E-state index contributed by atoms with van der Waals surface area (Å²) in [5.41, 5.74) is 16.3. The van der Waals surface area contributed by atoms with E-state index in [2.05, 4.69) is 252 Å². The van der Waals surface area contributed by atoms with E-state index in [1.807, 2.05) is 0 Å². The van der Waals surface area contributed by atoms with Crippen LogP contribution in [0.1, 0.15) is 0 Å². The summed E-state index contributed by atoms with van der Waals surface area (Å²) in [6.45, 7) is 0. The number of fused-ring (bicyclic) bond motifs is 4. The lowest BCUT2D eigenvalue weighted by Gasteiger charge is -2.27. The van der Waals surface area contributed by atoms with E-state index in [1.165, 1.54) is 71.6 Å². The maximum Gasteiger partial charge on any atom is 0.0562 e. The lowest BCUT2D eigenvalue weighted by atomic mass is 9.93. The molecule has 0 atom stereocenters. The van der Waals surface area contributed by atoms with E-state index >= 15 is 0 Å². The fraction of sp³-hybridized carbons (Fsp3) is 0. The molecule has 1 aromatic heterocycles. The molecule has 0 unspecified atom stereocenters. The van der Waals surface area contributed by atoms with E-state index in [9.17, 15) is 0 Å². The van der Waals surface area contributed by atoms with E-state index in [-0.39, 0.29) is 0 Å². The van der Waals surface area contributed by atoms with Crippen molar-refractivity contribution in [3.8, 4) is 50.2 Å². The lowest BCUT2D eigenvalue weighted by molar-refractivity contribution is 1.18. The summed E-state index contributed by atoms with van der Waals surface area (Å²) in [7, 11) is 0. The van der Waals surface area contributed by atoms with Gasteiger partial charge in [-0.15, -0.1) is 0 Å². The van der Waals surface area contributed by atoms with Crippen LogP contribution in [0.3, 0.4) is 0 Å². The zero-order valence-corrected chi connectivity index (χ0v) is 33.0. The number of nitrogens with zero attached hydrogens (tertiary/aromatic N) is 2. The minimum absolute atomic E-state index is 1.08. The molecule has 10 aromatic carbocycles. The fourth-order valence-corrected chi connectivity index (χ4v) is 8.99. The summed E-state index contributed by atoms with van der Waals surface area (Å²) in [6, 6.07) is 87.9. The van der Waals surface area contributed by atoms with Gasteiger partial charge in [-0.3, -0.25) is 0 Å². The van der Waals surface area contributed by atoms with E-state index < -0.39 is 0 Å². The normalized spacial score (nSPS) is 11.3. The molecule has 0 fully saturated rings. The molecule has 0 aliphatic rings. The van der Waals surface area contributed by atoms with Gasteiger partial charge in [-0.05, 0) is 98.2 Å². The average Bonchev–Trinajstić information content (AvgIpc) is 3.66. The summed E-state index contributed by atoms with van der Waals surface area (Å²) in [4.78, 5) is 2.41. The third kappa shape index (κ3) is 6.23. The van der Waals surface area contributed by atoms with Gasteiger partial charge in [-0.1, -0.05) is 194 Å².